The van der Waals surface area contributed by atoms with Gasteiger partial charge in [-0.05, 0) is 64.0 Å². The highest BCUT2D eigenvalue weighted by atomic mass is 19.1. The maximum Gasteiger partial charge on any atom is 0.410 e. The lowest BCUT2D eigenvalue weighted by Gasteiger charge is -2.52. The van der Waals surface area contributed by atoms with Crippen molar-refractivity contribution in [3.63, 3.8) is 0 Å². The van der Waals surface area contributed by atoms with Gasteiger partial charge in [0.05, 0.1) is 11.2 Å². The van der Waals surface area contributed by atoms with Crippen molar-refractivity contribution in [2.75, 3.05) is 24.5 Å². The lowest BCUT2D eigenvalue weighted by molar-refractivity contribution is -0.120. The summed E-state index contributed by atoms with van der Waals surface area (Å²) in [4.78, 5) is 39.0. The molecule has 1 aromatic carbocycles. The summed E-state index contributed by atoms with van der Waals surface area (Å²) in [6.45, 7) is 7.20. The van der Waals surface area contributed by atoms with Crippen molar-refractivity contribution >= 4 is 34.6 Å². The van der Waals surface area contributed by atoms with E-state index < -0.39 is 17.4 Å². The first-order valence-corrected chi connectivity index (χ1v) is 11.9. The molecule has 34 heavy (non-hydrogen) atoms. The summed E-state index contributed by atoms with van der Waals surface area (Å²) >= 11 is 0. The van der Waals surface area contributed by atoms with Crippen molar-refractivity contribution in [2.45, 2.75) is 64.5 Å². The Kier molecular flexibility index (Phi) is 5.33. The van der Waals surface area contributed by atoms with Crippen LogP contribution >= 0.6 is 0 Å². The standard InChI is InChI=1S/C25H31FN4O4/c1-24(2,3)34-23(33)28-10-6-25(7-11-28)14-17(15-25)29-8-4-16-12-20(18(26)13-19(16)29)30-9-5-21(31)27-22(30)32/h4,8,12-13,17H,5-7,9-11,14-15H2,1-3H3,(H,27,31,32). The Bertz CT molecular complexity index is 1150. The van der Waals surface area contributed by atoms with Gasteiger partial charge in [0, 0.05) is 49.7 Å². The minimum absolute atomic E-state index is 0.153. The van der Waals surface area contributed by atoms with Gasteiger partial charge in [-0.2, -0.15) is 0 Å². The molecule has 182 valence electrons. The third-order valence-corrected chi connectivity index (χ3v) is 7.34. The molecule has 0 bridgehead atoms. The van der Waals surface area contributed by atoms with Crippen LogP contribution < -0.4 is 10.2 Å². The first-order valence-electron chi connectivity index (χ1n) is 11.9. The SMILES string of the molecule is CC(C)(C)OC(=O)N1CCC2(CC1)CC(n1ccc3cc(N4CCC(=O)NC4=O)c(F)cc31)C2. The number of hydrogen-bond donors (Lipinski definition) is 1. The zero-order valence-electron chi connectivity index (χ0n) is 19.9. The molecule has 0 radical (unpaired) electrons. The quantitative estimate of drug-likeness (QED) is 0.697. The number of benzene rings is 1. The fourth-order valence-electron chi connectivity index (χ4n) is 5.52. The Labute approximate surface area is 198 Å². The molecule has 4 amide bonds. The Morgan fingerprint density at radius 2 is 1.85 bits per heavy atom. The third kappa shape index (κ3) is 4.12. The van der Waals surface area contributed by atoms with E-state index in [0.717, 1.165) is 36.6 Å². The number of halogens is 1. The normalized spacial score (nSPS) is 21.1. The number of nitrogens with zero attached hydrogens (tertiary/aromatic N) is 3. The molecule has 0 unspecified atom stereocenters. The minimum atomic E-state index is -0.590. The van der Waals surface area contributed by atoms with Crippen LogP contribution in [-0.4, -0.2) is 52.7 Å². The number of carbonyl (C=O) groups excluding carboxylic acids is 3. The Balaban J connectivity index is 1.25. The van der Waals surface area contributed by atoms with Gasteiger partial charge in [-0.25, -0.2) is 14.0 Å². The van der Waals surface area contributed by atoms with Gasteiger partial charge in [-0.3, -0.25) is 15.0 Å². The Morgan fingerprint density at radius 3 is 2.50 bits per heavy atom. The van der Waals surface area contributed by atoms with E-state index in [2.05, 4.69) is 9.88 Å². The van der Waals surface area contributed by atoms with E-state index >= 15 is 4.39 Å². The fraction of sp³-hybridized carbons (Fsp3) is 0.560. The number of urea groups is 1. The highest BCUT2D eigenvalue weighted by molar-refractivity contribution is 6.06. The average molecular weight is 471 g/mol. The van der Waals surface area contributed by atoms with Gasteiger partial charge < -0.3 is 14.2 Å². The van der Waals surface area contributed by atoms with Gasteiger partial charge in [0.15, 0.2) is 0 Å². The smallest absolute Gasteiger partial charge is 0.410 e. The number of amides is 4. The predicted molar refractivity (Wildman–Crippen MR) is 125 cm³/mol. The summed E-state index contributed by atoms with van der Waals surface area (Å²) in [6, 6.07) is 4.82. The van der Waals surface area contributed by atoms with Crippen LogP contribution in [0.3, 0.4) is 0 Å². The number of ether oxygens (including phenoxy) is 1. The second kappa shape index (κ2) is 7.99. The average Bonchev–Trinajstić information content (AvgIpc) is 3.13. The summed E-state index contributed by atoms with van der Waals surface area (Å²) in [5.74, 6) is -0.818. The third-order valence-electron chi connectivity index (χ3n) is 7.34. The molecule has 2 aliphatic heterocycles. The molecule has 1 aromatic heterocycles. The van der Waals surface area contributed by atoms with Gasteiger partial charge in [0.1, 0.15) is 11.4 Å². The number of anilines is 1. The van der Waals surface area contributed by atoms with Crippen LogP contribution in [0.25, 0.3) is 10.9 Å². The van der Waals surface area contributed by atoms with Crippen LogP contribution in [-0.2, 0) is 9.53 Å². The van der Waals surface area contributed by atoms with Crippen molar-refractivity contribution in [2.24, 2.45) is 5.41 Å². The lowest BCUT2D eigenvalue weighted by Crippen LogP contribution is -2.50. The van der Waals surface area contributed by atoms with E-state index in [0.29, 0.717) is 13.1 Å². The molecule has 9 heteroatoms. The molecule has 1 aliphatic carbocycles. The maximum atomic E-state index is 15.0. The number of carbonyl (C=O) groups is 3. The van der Waals surface area contributed by atoms with Crippen LogP contribution in [0, 0.1) is 11.2 Å². The Hall–Kier alpha value is -3.10. The number of imide groups is 1. The van der Waals surface area contributed by atoms with Crippen LogP contribution in [0.4, 0.5) is 19.7 Å². The zero-order chi connectivity index (χ0) is 24.3. The molecular formula is C25H31FN4O4. The van der Waals surface area contributed by atoms with E-state index in [-0.39, 0.29) is 42.1 Å². The highest BCUT2D eigenvalue weighted by Crippen LogP contribution is 2.55. The second-order valence-corrected chi connectivity index (χ2v) is 10.9. The zero-order valence-corrected chi connectivity index (χ0v) is 19.9. The monoisotopic (exact) mass is 470 g/mol. The number of hydrogen-bond acceptors (Lipinski definition) is 4. The lowest BCUT2D eigenvalue weighted by atomic mass is 9.60. The molecule has 8 nitrogen and oxygen atoms in total. The van der Waals surface area contributed by atoms with E-state index in [9.17, 15) is 14.4 Å². The second-order valence-electron chi connectivity index (χ2n) is 10.9. The van der Waals surface area contributed by atoms with E-state index in [1.54, 1.807) is 11.0 Å². The number of nitrogens with one attached hydrogen (secondary N) is 1. The molecule has 5 rings (SSSR count). The van der Waals surface area contributed by atoms with Crippen LogP contribution in [0.1, 0.15) is 58.9 Å². The molecule has 1 saturated carbocycles. The molecule has 2 aromatic rings. The van der Waals surface area contributed by atoms with E-state index in [1.165, 1.54) is 11.0 Å². The number of piperidine rings is 1. The summed E-state index contributed by atoms with van der Waals surface area (Å²) in [6.07, 6.45) is 5.79. The fourth-order valence-corrected chi connectivity index (χ4v) is 5.52. The Morgan fingerprint density at radius 1 is 1.15 bits per heavy atom. The van der Waals surface area contributed by atoms with Crippen molar-refractivity contribution in [3.05, 3.63) is 30.2 Å². The largest absolute Gasteiger partial charge is 0.444 e. The van der Waals surface area contributed by atoms with Crippen LogP contribution in [0.15, 0.2) is 24.4 Å². The number of likely N-dealkylation sites (tertiary alicyclic amines) is 1. The molecule has 3 fully saturated rings. The van der Waals surface area contributed by atoms with Gasteiger partial charge >= 0.3 is 12.1 Å². The van der Waals surface area contributed by atoms with Crippen molar-refractivity contribution in [1.29, 1.82) is 0 Å². The molecule has 0 atom stereocenters. The van der Waals surface area contributed by atoms with Crippen molar-refractivity contribution in [3.8, 4) is 0 Å². The van der Waals surface area contributed by atoms with Crippen molar-refractivity contribution < 1.29 is 23.5 Å². The maximum absolute atomic E-state index is 15.0. The molecule has 3 aliphatic rings. The number of aromatic nitrogens is 1. The van der Waals surface area contributed by atoms with Crippen molar-refractivity contribution in [1.82, 2.24) is 14.8 Å². The topological polar surface area (TPSA) is 83.9 Å². The van der Waals surface area contributed by atoms with E-state index in [4.69, 9.17) is 4.74 Å². The molecule has 1 spiro atoms. The molecular weight excluding hydrogens is 439 g/mol. The summed E-state index contributed by atoms with van der Waals surface area (Å²) in [7, 11) is 0. The van der Waals surface area contributed by atoms with Crippen LogP contribution in [0.5, 0.6) is 0 Å². The first kappa shape index (κ1) is 22.7. The van der Waals surface area contributed by atoms with Gasteiger partial charge in [0.25, 0.3) is 0 Å². The summed E-state index contributed by atoms with van der Waals surface area (Å²) in [5, 5.41) is 3.11. The summed E-state index contributed by atoms with van der Waals surface area (Å²) in [5.41, 5.74) is 0.722. The molecule has 2 saturated heterocycles. The predicted octanol–water partition coefficient (Wildman–Crippen LogP) is 4.58. The highest BCUT2D eigenvalue weighted by Gasteiger charge is 2.47. The van der Waals surface area contributed by atoms with Gasteiger partial charge in [0.2, 0.25) is 5.91 Å². The van der Waals surface area contributed by atoms with Gasteiger partial charge in [-0.15, -0.1) is 0 Å². The van der Waals surface area contributed by atoms with Gasteiger partial charge in [-0.1, -0.05) is 0 Å². The minimum Gasteiger partial charge on any atom is -0.444 e. The molecule has 1 N–H and O–H groups in total. The number of fused-ring (bicyclic) bond motifs is 1. The van der Waals surface area contributed by atoms with Crippen LogP contribution in [0.2, 0.25) is 0 Å². The number of rotatable bonds is 2. The molecule has 3 heterocycles. The summed E-state index contributed by atoms with van der Waals surface area (Å²) < 4.78 is 22.7. The van der Waals surface area contributed by atoms with E-state index in [1.807, 2.05) is 33.0 Å². The first-order chi connectivity index (χ1) is 16.0.